The molecule has 0 aliphatic carbocycles. The molecule has 0 atom stereocenters. The van der Waals surface area contributed by atoms with E-state index >= 15 is 0 Å². The topological polar surface area (TPSA) is 77.2 Å². The summed E-state index contributed by atoms with van der Waals surface area (Å²) in [7, 11) is 0. The summed E-state index contributed by atoms with van der Waals surface area (Å²) >= 11 is 5.39. The first-order valence-corrected chi connectivity index (χ1v) is 8.19. The molecule has 4 aromatic rings. The molecule has 2 heterocycles. The number of benzene rings is 2. The molecule has 4 rings (SSSR count). The fourth-order valence-corrected chi connectivity index (χ4v) is 2.89. The molecular weight excluding hydrogens is 334 g/mol. The number of para-hydroxylation sites is 1. The van der Waals surface area contributed by atoms with E-state index in [2.05, 4.69) is 25.6 Å². The summed E-state index contributed by atoms with van der Waals surface area (Å²) in [5, 5.41) is 19.9. The van der Waals surface area contributed by atoms with Crippen molar-refractivity contribution in [3.63, 3.8) is 0 Å². The molecule has 7 nitrogen and oxygen atoms in total. The molecule has 0 spiro atoms. The zero-order chi connectivity index (χ0) is 17.2. The van der Waals surface area contributed by atoms with E-state index < -0.39 is 0 Å². The summed E-state index contributed by atoms with van der Waals surface area (Å²) in [5.74, 6) is 1.30. The number of aromatic nitrogens is 7. The fraction of sp³-hybridized carbons (Fsp3) is 0.118. The minimum absolute atomic E-state index is 0.362. The number of aryl methyl sites for hydroxylation is 1. The second kappa shape index (κ2) is 6.40. The van der Waals surface area contributed by atoms with E-state index in [9.17, 15) is 0 Å². The van der Waals surface area contributed by atoms with Crippen LogP contribution >= 0.6 is 12.2 Å². The van der Waals surface area contributed by atoms with Crippen molar-refractivity contribution in [2.75, 3.05) is 0 Å². The highest BCUT2D eigenvalue weighted by Gasteiger charge is 2.13. The Morgan fingerprint density at radius 2 is 1.80 bits per heavy atom. The summed E-state index contributed by atoms with van der Waals surface area (Å²) < 4.78 is 2.43. The Morgan fingerprint density at radius 1 is 1.04 bits per heavy atom. The largest absolute Gasteiger partial charge is 0.270 e. The number of nitrogens with zero attached hydrogens (tertiary/aromatic N) is 6. The average molecular weight is 349 g/mol. The molecule has 0 aliphatic heterocycles. The minimum Gasteiger partial charge on any atom is -0.270 e. The van der Waals surface area contributed by atoms with Crippen LogP contribution in [0.25, 0.3) is 17.1 Å². The normalized spacial score (nSPS) is 10.9. The average Bonchev–Trinajstić information content (AvgIpc) is 3.24. The Labute approximate surface area is 149 Å². The quantitative estimate of drug-likeness (QED) is 0.573. The first-order chi connectivity index (χ1) is 12.2. The molecule has 0 fully saturated rings. The van der Waals surface area contributed by atoms with Crippen molar-refractivity contribution in [1.82, 2.24) is 35.0 Å². The second-order valence-electron chi connectivity index (χ2n) is 5.58. The van der Waals surface area contributed by atoms with Crippen LogP contribution in [0.5, 0.6) is 0 Å². The Bertz CT molecular complexity index is 1060. The maximum atomic E-state index is 5.39. The molecule has 0 unspecified atom stereocenters. The highest BCUT2D eigenvalue weighted by molar-refractivity contribution is 7.71. The molecule has 0 radical (unpaired) electrons. The first kappa shape index (κ1) is 15.4. The number of aromatic amines is 1. The smallest absolute Gasteiger partial charge is 0.204 e. The van der Waals surface area contributed by atoms with Gasteiger partial charge in [0.05, 0.1) is 5.69 Å². The van der Waals surface area contributed by atoms with Crippen LogP contribution in [-0.4, -0.2) is 35.0 Å². The van der Waals surface area contributed by atoms with Gasteiger partial charge in [0.1, 0.15) is 6.54 Å². The number of hydrogen-bond donors (Lipinski definition) is 1. The molecule has 124 valence electrons. The molecule has 0 aliphatic rings. The molecular formula is C17H15N7S. The third-order valence-electron chi connectivity index (χ3n) is 3.87. The molecule has 0 saturated carbocycles. The van der Waals surface area contributed by atoms with Gasteiger partial charge >= 0.3 is 0 Å². The van der Waals surface area contributed by atoms with E-state index in [-0.39, 0.29) is 0 Å². The van der Waals surface area contributed by atoms with Gasteiger partial charge < -0.3 is 0 Å². The highest BCUT2D eigenvalue weighted by atomic mass is 32.1. The zero-order valence-electron chi connectivity index (χ0n) is 13.5. The number of H-pyrrole nitrogens is 1. The summed E-state index contributed by atoms with van der Waals surface area (Å²) in [4.78, 5) is 1.52. The van der Waals surface area contributed by atoms with Gasteiger partial charge in [-0.1, -0.05) is 48.5 Å². The van der Waals surface area contributed by atoms with Crippen molar-refractivity contribution in [3.05, 3.63) is 70.8 Å². The predicted octanol–water partition coefficient (Wildman–Crippen LogP) is 2.94. The number of tetrazole rings is 1. The molecule has 8 heteroatoms. The lowest BCUT2D eigenvalue weighted by Gasteiger charge is -2.09. The van der Waals surface area contributed by atoms with Crippen molar-refractivity contribution in [3.8, 4) is 17.1 Å². The molecule has 0 amide bonds. The van der Waals surface area contributed by atoms with Crippen molar-refractivity contribution >= 4 is 12.2 Å². The lowest BCUT2D eigenvalue weighted by atomic mass is 10.2. The second-order valence-corrected chi connectivity index (χ2v) is 5.96. The SMILES string of the molecule is Cc1ccccc1-n1c(Cn2nnc(-c3ccccc3)n2)n[nH]c1=S. The van der Waals surface area contributed by atoms with Crippen LogP contribution in [0.4, 0.5) is 0 Å². The summed E-state index contributed by atoms with van der Waals surface area (Å²) in [6.07, 6.45) is 0. The van der Waals surface area contributed by atoms with E-state index in [0.29, 0.717) is 17.1 Å². The van der Waals surface area contributed by atoms with Gasteiger partial charge in [-0.25, -0.2) is 0 Å². The van der Waals surface area contributed by atoms with Gasteiger partial charge in [-0.05, 0) is 36.0 Å². The van der Waals surface area contributed by atoms with Gasteiger partial charge in [-0.3, -0.25) is 9.67 Å². The minimum atomic E-state index is 0.362. The first-order valence-electron chi connectivity index (χ1n) is 7.78. The van der Waals surface area contributed by atoms with Crippen LogP contribution in [0.3, 0.4) is 0 Å². The third-order valence-corrected chi connectivity index (χ3v) is 4.14. The highest BCUT2D eigenvalue weighted by Crippen LogP contribution is 2.17. The van der Waals surface area contributed by atoms with Gasteiger partial charge in [0.25, 0.3) is 0 Å². The Hall–Kier alpha value is -3.13. The van der Waals surface area contributed by atoms with Gasteiger partial charge in [0, 0.05) is 5.56 Å². The van der Waals surface area contributed by atoms with Crippen molar-refractivity contribution in [2.24, 2.45) is 0 Å². The number of hydrogen-bond acceptors (Lipinski definition) is 5. The molecule has 0 bridgehead atoms. The van der Waals surface area contributed by atoms with Crippen molar-refractivity contribution in [2.45, 2.75) is 13.5 Å². The predicted molar refractivity (Wildman–Crippen MR) is 95.8 cm³/mol. The Morgan fingerprint density at radius 3 is 2.60 bits per heavy atom. The summed E-state index contributed by atoms with van der Waals surface area (Å²) in [6, 6.07) is 17.8. The Balaban J connectivity index is 1.68. The van der Waals surface area contributed by atoms with Crippen molar-refractivity contribution < 1.29 is 0 Å². The summed E-state index contributed by atoms with van der Waals surface area (Å²) in [5.41, 5.74) is 3.02. The molecule has 0 saturated heterocycles. The van der Waals surface area contributed by atoms with Crippen LogP contribution in [0, 0.1) is 11.7 Å². The van der Waals surface area contributed by atoms with Gasteiger partial charge in [-0.2, -0.15) is 9.90 Å². The van der Waals surface area contributed by atoms with Crippen LogP contribution in [-0.2, 0) is 6.54 Å². The fourth-order valence-electron chi connectivity index (χ4n) is 2.64. The monoisotopic (exact) mass is 349 g/mol. The van der Waals surface area contributed by atoms with Crippen molar-refractivity contribution in [1.29, 1.82) is 0 Å². The molecule has 25 heavy (non-hydrogen) atoms. The van der Waals surface area contributed by atoms with E-state index in [0.717, 1.165) is 22.6 Å². The molecule has 1 N–H and O–H groups in total. The van der Waals surface area contributed by atoms with Crippen LogP contribution < -0.4 is 0 Å². The maximum absolute atomic E-state index is 5.39. The van der Waals surface area contributed by atoms with Gasteiger partial charge in [-0.15, -0.1) is 10.2 Å². The number of nitrogens with one attached hydrogen (secondary N) is 1. The van der Waals surface area contributed by atoms with Gasteiger partial charge in [0.2, 0.25) is 5.82 Å². The Kier molecular flexibility index (Phi) is 3.95. The van der Waals surface area contributed by atoms with Crippen LogP contribution in [0.15, 0.2) is 54.6 Å². The third kappa shape index (κ3) is 2.99. The summed E-state index contributed by atoms with van der Waals surface area (Å²) in [6.45, 7) is 2.40. The molecule has 2 aromatic carbocycles. The lowest BCUT2D eigenvalue weighted by molar-refractivity contribution is 0.548. The number of rotatable bonds is 4. The van der Waals surface area contributed by atoms with E-state index in [1.54, 1.807) is 0 Å². The van der Waals surface area contributed by atoms with Gasteiger partial charge in [0.15, 0.2) is 10.6 Å². The van der Waals surface area contributed by atoms with E-state index in [4.69, 9.17) is 12.2 Å². The van der Waals surface area contributed by atoms with E-state index in [1.165, 1.54) is 4.80 Å². The van der Waals surface area contributed by atoms with E-state index in [1.807, 2.05) is 66.1 Å². The van der Waals surface area contributed by atoms with Crippen LogP contribution in [0.1, 0.15) is 11.4 Å². The molecule has 2 aromatic heterocycles. The standard InChI is InChI=1S/C17H15N7S/c1-12-7-5-6-10-14(12)24-15(18-20-17(24)25)11-23-21-16(19-22-23)13-8-3-2-4-9-13/h2-10H,11H2,1H3,(H,20,25). The lowest BCUT2D eigenvalue weighted by Crippen LogP contribution is -2.11. The zero-order valence-corrected chi connectivity index (χ0v) is 14.3. The van der Waals surface area contributed by atoms with Crippen LogP contribution in [0.2, 0.25) is 0 Å². The maximum Gasteiger partial charge on any atom is 0.204 e.